The van der Waals surface area contributed by atoms with E-state index in [4.69, 9.17) is 19.3 Å². The molecule has 1 saturated heterocycles. The van der Waals surface area contributed by atoms with Crippen molar-refractivity contribution in [2.24, 2.45) is 0 Å². The number of hydrogen-bond donors (Lipinski definition) is 6. The Morgan fingerprint density at radius 2 is 1.89 bits per heavy atom. The van der Waals surface area contributed by atoms with Crippen LogP contribution in [0.4, 0.5) is 0 Å². The minimum absolute atomic E-state index is 0.295. The van der Waals surface area contributed by atoms with E-state index in [2.05, 4.69) is 0 Å². The van der Waals surface area contributed by atoms with Crippen LogP contribution in [0, 0.1) is 0 Å². The Labute approximate surface area is 160 Å². The second kappa shape index (κ2) is 9.82. The first-order chi connectivity index (χ1) is 13.2. The molecule has 0 radical (unpaired) electrons. The Bertz CT molecular complexity index is 691. The van der Waals surface area contributed by atoms with Crippen LogP contribution in [0.25, 0.3) is 6.08 Å². The van der Waals surface area contributed by atoms with Crippen molar-refractivity contribution in [1.29, 1.82) is 0 Å². The molecule has 1 heterocycles. The number of hydrogen-bond acceptors (Lipinski definition) is 10. The van der Waals surface area contributed by atoms with Gasteiger partial charge in [-0.1, -0.05) is 6.07 Å². The number of aromatic hydroxyl groups is 2. The molecule has 6 N–H and O–H groups in total. The Morgan fingerprint density at radius 3 is 2.54 bits per heavy atom. The Morgan fingerprint density at radius 1 is 1.18 bits per heavy atom. The molecule has 0 aromatic heterocycles. The topological polar surface area (TPSA) is 166 Å². The summed E-state index contributed by atoms with van der Waals surface area (Å²) in [6.45, 7) is 0.749. The first kappa shape index (κ1) is 22.1. The van der Waals surface area contributed by atoms with Crippen molar-refractivity contribution in [3.8, 4) is 11.5 Å². The van der Waals surface area contributed by atoms with Gasteiger partial charge < -0.3 is 44.8 Å². The number of phenolic OH excluding ortho intramolecular Hbond substituents is 2. The molecule has 0 saturated carbocycles. The quantitative estimate of drug-likeness (QED) is 0.187. The lowest BCUT2D eigenvalue weighted by Gasteiger charge is -2.40. The SMILES string of the molecule is C[C@H](CO)O[C@@H]1O[C@H](COC(=O)/C=C/c2ccc(O)c(O)c2)[C@@H](O)[C@H](O)[C@H]1O. The number of carbonyl (C=O) groups is 1. The van der Waals surface area contributed by atoms with Crippen LogP contribution in [0.15, 0.2) is 24.3 Å². The second-order valence-corrected chi connectivity index (χ2v) is 6.36. The van der Waals surface area contributed by atoms with Crippen LogP contribution < -0.4 is 0 Å². The number of rotatable bonds is 7. The molecular formula is C18H24O10. The predicted octanol–water partition coefficient (Wildman–Crippen LogP) is -1.14. The fourth-order valence-corrected chi connectivity index (χ4v) is 2.46. The average molecular weight is 400 g/mol. The highest BCUT2D eigenvalue weighted by Gasteiger charge is 2.45. The lowest BCUT2D eigenvalue weighted by Crippen LogP contribution is -2.60. The molecule has 156 valence electrons. The van der Waals surface area contributed by atoms with Crippen LogP contribution in [0.1, 0.15) is 12.5 Å². The van der Waals surface area contributed by atoms with Crippen LogP contribution in [0.2, 0.25) is 0 Å². The zero-order chi connectivity index (χ0) is 20.8. The van der Waals surface area contributed by atoms with Gasteiger partial charge in [0.25, 0.3) is 0 Å². The lowest BCUT2D eigenvalue weighted by atomic mass is 9.99. The summed E-state index contributed by atoms with van der Waals surface area (Å²) in [7, 11) is 0. The third kappa shape index (κ3) is 5.64. The van der Waals surface area contributed by atoms with E-state index in [0.29, 0.717) is 5.56 Å². The van der Waals surface area contributed by atoms with Crippen LogP contribution in [-0.4, -0.2) is 86.6 Å². The number of benzene rings is 1. The van der Waals surface area contributed by atoms with Gasteiger partial charge in [0.05, 0.1) is 12.7 Å². The maximum absolute atomic E-state index is 11.8. The molecule has 6 atom stereocenters. The molecule has 1 aromatic carbocycles. The number of aliphatic hydroxyl groups excluding tert-OH is 4. The zero-order valence-corrected chi connectivity index (χ0v) is 15.1. The van der Waals surface area contributed by atoms with E-state index in [1.165, 1.54) is 31.2 Å². The summed E-state index contributed by atoms with van der Waals surface area (Å²) in [5, 5.41) is 57.5. The van der Waals surface area contributed by atoms with Gasteiger partial charge in [-0.05, 0) is 30.7 Å². The van der Waals surface area contributed by atoms with Crippen molar-refractivity contribution in [2.45, 2.75) is 43.7 Å². The van der Waals surface area contributed by atoms with Gasteiger partial charge in [-0.2, -0.15) is 0 Å². The maximum Gasteiger partial charge on any atom is 0.330 e. The van der Waals surface area contributed by atoms with Gasteiger partial charge in [0.2, 0.25) is 0 Å². The fourth-order valence-electron chi connectivity index (χ4n) is 2.46. The summed E-state index contributed by atoms with van der Waals surface area (Å²) in [6.07, 6.45) is -5.42. The highest BCUT2D eigenvalue weighted by atomic mass is 16.7. The van der Waals surface area contributed by atoms with E-state index in [1.54, 1.807) is 0 Å². The van der Waals surface area contributed by atoms with Crippen LogP contribution in [0.3, 0.4) is 0 Å². The first-order valence-electron chi connectivity index (χ1n) is 8.55. The monoisotopic (exact) mass is 400 g/mol. The molecule has 0 amide bonds. The maximum atomic E-state index is 11.8. The van der Waals surface area contributed by atoms with E-state index in [0.717, 1.165) is 6.08 Å². The molecule has 1 aliphatic rings. The van der Waals surface area contributed by atoms with Gasteiger partial charge in [0.15, 0.2) is 17.8 Å². The van der Waals surface area contributed by atoms with Gasteiger partial charge in [0.1, 0.15) is 31.0 Å². The van der Waals surface area contributed by atoms with E-state index in [1.807, 2.05) is 0 Å². The molecule has 0 bridgehead atoms. The van der Waals surface area contributed by atoms with Crippen molar-refractivity contribution < 1.29 is 49.6 Å². The number of phenols is 2. The van der Waals surface area contributed by atoms with Gasteiger partial charge in [0, 0.05) is 6.08 Å². The number of aliphatic hydroxyl groups is 4. The first-order valence-corrected chi connectivity index (χ1v) is 8.55. The Hall–Kier alpha value is -2.21. The van der Waals surface area contributed by atoms with Crippen LogP contribution in [-0.2, 0) is 19.0 Å². The number of esters is 1. The van der Waals surface area contributed by atoms with Crippen molar-refractivity contribution >= 4 is 12.0 Å². The van der Waals surface area contributed by atoms with Crippen molar-refractivity contribution in [2.75, 3.05) is 13.2 Å². The fraction of sp³-hybridized carbons (Fsp3) is 0.500. The van der Waals surface area contributed by atoms with Crippen molar-refractivity contribution in [3.05, 3.63) is 29.8 Å². The summed E-state index contributed by atoms with van der Waals surface area (Å²) in [5.74, 6) is -1.42. The van der Waals surface area contributed by atoms with E-state index in [-0.39, 0.29) is 18.1 Å². The largest absolute Gasteiger partial charge is 0.504 e. The summed E-state index contributed by atoms with van der Waals surface area (Å²) in [5.41, 5.74) is 0.436. The molecule has 0 spiro atoms. The molecule has 10 nitrogen and oxygen atoms in total. The van der Waals surface area contributed by atoms with Gasteiger partial charge >= 0.3 is 5.97 Å². The Balaban J connectivity index is 1.92. The normalized spacial score (nSPS) is 29.0. The predicted molar refractivity (Wildman–Crippen MR) is 94.1 cm³/mol. The van der Waals surface area contributed by atoms with E-state index < -0.39 is 49.4 Å². The molecule has 10 heteroatoms. The lowest BCUT2D eigenvalue weighted by molar-refractivity contribution is -0.311. The van der Waals surface area contributed by atoms with Crippen molar-refractivity contribution in [3.63, 3.8) is 0 Å². The van der Waals surface area contributed by atoms with Crippen LogP contribution >= 0.6 is 0 Å². The third-order valence-corrected chi connectivity index (χ3v) is 4.09. The minimum atomic E-state index is -1.59. The minimum Gasteiger partial charge on any atom is -0.504 e. The van der Waals surface area contributed by atoms with Gasteiger partial charge in [-0.15, -0.1) is 0 Å². The molecule has 1 fully saturated rings. The standard InChI is InChI=1S/C18H24O10/c1-9(7-19)27-18-17(25)16(24)15(23)13(28-18)8-26-14(22)5-3-10-2-4-11(20)12(21)6-10/h2-6,9,13,15-21,23-25H,7-8H2,1H3/b5-3+/t9-,13-,15-,16+,17-,18-/m1/s1. The second-order valence-electron chi connectivity index (χ2n) is 6.36. The van der Waals surface area contributed by atoms with E-state index >= 15 is 0 Å². The van der Waals surface area contributed by atoms with Gasteiger partial charge in [-0.25, -0.2) is 4.79 Å². The van der Waals surface area contributed by atoms with Crippen LogP contribution in [0.5, 0.6) is 11.5 Å². The summed E-state index contributed by atoms with van der Waals surface area (Å²) in [4.78, 5) is 11.8. The highest BCUT2D eigenvalue weighted by molar-refractivity contribution is 5.87. The summed E-state index contributed by atoms with van der Waals surface area (Å²) in [6, 6.07) is 3.97. The molecule has 0 unspecified atom stereocenters. The molecular weight excluding hydrogens is 376 g/mol. The molecule has 1 aliphatic heterocycles. The smallest absolute Gasteiger partial charge is 0.330 e. The summed E-state index contributed by atoms with van der Waals surface area (Å²) >= 11 is 0. The van der Waals surface area contributed by atoms with E-state index in [9.17, 15) is 30.3 Å². The van der Waals surface area contributed by atoms with Crippen molar-refractivity contribution in [1.82, 2.24) is 0 Å². The number of carbonyl (C=O) groups excluding carboxylic acids is 1. The Kier molecular flexibility index (Phi) is 7.75. The molecule has 28 heavy (non-hydrogen) atoms. The van der Waals surface area contributed by atoms with Gasteiger partial charge in [-0.3, -0.25) is 0 Å². The summed E-state index contributed by atoms with van der Waals surface area (Å²) < 4.78 is 15.6. The third-order valence-electron chi connectivity index (χ3n) is 4.09. The highest BCUT2D eigenvalue weighted by Crippen LogP contribution is 2.26. The molecule has 1 aromatic rings. The number of ether oxygens (including phenoxy) is 3. The molecule has 2 rings (SSSR count). The zero-order valence-electron chi connectivity index (χ0n) is 15.1. The average Bonchev–Trinajstić information content (AvgIpc) is 2.68. The molecule has 0 aliphatic carbocycles.